The van der Waals surface area contributed by atoms with Crippen molar-refractivity contribution in [1.29, 1.82) is 0 Å². The highest BCUT2D eigenvalue weighted by atomic mass is 35.5. The second-order valence-electron chi connectivity index (χ2n) is 8.49. The minimum absolute atomic E-state index is 0.0412. The maximum absolute atomic E-state index is 12.5. The number of nitrogens with zero attached hydrogens (tertiary/aromatic N) is 1. The smallest absolute Gasteiger partial charge is 0.407 e. The largest absolute Gasteiger partial charge is 0.446 e. The van der Waals surface area contributed by atoms with Crippen LogP contribution in [0.1, 0.15) is 56.7 Å². The molecular weight excluding hydrogens is 440 g/mol. The van der Waals surface area contributed by atoms with Crippen LogP contribution >= 0.6 is 11.6 Å². The van der Waals surface area contributed by atoms with Crippen molar-refractivity contribution in [3.8, 4) is 0 Å². The lowest BCUT2D eigenvalue weighted by Crippen LogP contribution is -2.33. The quantitative estimate of drug-likeness (QED) is 0.605. The van der Waals surface area contributed by atoms with E-state index >= 15 is 0 Å². The summed E-state index contributed by atoms with van der Waals surface area (Å²) in [5, 5.41) is 13.7. The third-order valence-corrected chi connectivity index (χ3v) is 8.07. The van der Waals surface area contributed by atoms with Gasteiger partial charge in [0.05, 0.1) is 15.7 Å². The lowest BCUT2D eigenvalue weighted by Gasteiger charge is -2.21. The minimum Gasteiger partial charge on any atom is -0.446 e. The van der Waals surface area contributed by atoms with Gasteiger partial charge in [0, 0.05) is 29.4 Å². The molecule has 10 heteroatoms. The summed E-state index contributed by atoms with van der Waals surface area (Å²) in [6.07, 6.45) is 3.17. The van der Waals surface area contributed by atoms with Gasteiger partial charge in [0.15, 0.2) is 15.7 Å². The molecule has 1 aliphatic carbocycles. The second kappa shape index (κ2) is 8.70. The van der Waals surface area contributed by atoms with Crippen molar-refractivity contribution in [2.24, 2.45) is 0 Å². The molecule has 1 fully saturated rings. The van der Waals surface area contributed by atoms with Gasteiger partial charge in [0.2, 0.25) is 0 Å². The first kappa shape index (κ1) is 22.0. The van der Waals surface area contributed by atoms with Gasteiger partial charge in [-0.3, -0.25) is 5.10 Å². The SMILES string of the molecule is CC(C)NC(=O)O[C@@H]1CC[C@H](c2cc(Nc3ccc(Cl)c4c3CCCS4(=O)=O)n[nH]2)C1. The highest BCUT2D eigenvalue weighted by Crippen LogP contribution is 2.39. The molecule has 3 N–H and O–H groups in total. The number of carbonyl (C=O) groups excluding carboxylic acids is 1. The van der Waals surface area contributed by atoms with E-state index in [1.165, 1.54) is 0 Å². The number of fused-ring (bicyclic) bond motifs is 1. The Hall–Kier alpha value is -2.26. The predicted octanol–water partition coefficient (Wildman–Crippen LogP) is 4.30. The number of halogens is 1. The van der Waals surface area contributed by atoms with Crippen LogP contribution in [-0.4, -0.2) is 42.6 Å². The Morgan fingerprint density at radius 3 is 2.90 bits per heavy atom. The van der Waals surface area contributed by atoms with Crippen molar-refractivity contribution in [2.45, 2.75) is 68.9 Å². The number of aromatic amines is 1. The Morgan fingerprint density at radius 1 is 1.32 bits per heavy atom. The molecule has 0 spiro atoms. The average Bonchev–Trinajstić information content (AvgIpc) is 3.32. The molecule has 2 aliphatic rings. The number of sulfone groups is 1. The molecule has 2 heterocycles. The van der Waals surface area contributed by atoms with Crippen molar-refractivity contribution in [1.82, 2.24) is 15.5 Å². The Bertz CT molecular complexity index is 1080. The zero-order valence-electron chi connectivity index (χ0n) is 17.6. The van der Waals surface area contributed by atoms with Gasteiger partial charge in [-0.15, -0.1) is 0 Å². The van der Waals surface area contributed by atoms with E-state index in [4.69, 9.17) is 16.3 Å². The van der Waals surface area contributed by atoms with Crippen LogP contribution in [0.25, 0.3) is 0 Å². The van der Waals surface area contributed by atoms with Crippen LogP contribution in [0.3, 0.4) is 0 Å². The van der Waals surface area contributed by atoms with Gasteiger partial charge in [-0.05, 0) is 63.6 Å². The van der Waals surface area contributed by atoms with Gasteiger partial charge in [0.1, 0.15) is 6.10 Å². The summed E-state index contributed by atoms with van der Waals surface area (Å²) in [5.41, 5.74) is 2.39. The summed E-state index contributed by atoms with van der Waals surface area (Å²) < 4.78 is 30.4. The zero-order chi connectivity index (χ0) is 22.2. The van der Waals surface area contributed by atoms with Gasteiger partial charge in [-0.1, -0.05) is 11.6 Å². The second-order valence-corrected chi connectivity index (χ2v) is 10.9. The van der Waals surface area contributed by atoms with E-state index in [0.717, 1.165) is 25.0 Å². The molecule has 2 atom stereocenters. The van der Waals surface area contributed by atoms with Crippen LogP contribution in [0.15, 0.2) is 23.1 Å². The number of amides is 1. The maximum Gasteiger partial charge on any atom is 0.407 e. The summed E-state index contributed by atoms with van der Waals surface area (Å²) >= 11 is 6.20. The van der Waals surface area contributed by atoms with E-state index in [-0.39, 0.29) is 39.8 Å². The molecule has 0 unspecified atom stereocenters. The topological polar surface area (TPSA) is 113 Å². The summed E-state index contributed by atoms with van der Waals surface area (Å²) in [6.45, 7) is 3.79. The molecule has 0 saturated heterocycles. The third-order valence-electron chi connectivity index (χ3n) is 5.73. The molecule has 1 aromatic carbocycles. The van der Waals surface area contributed by atoms with E-state index in [9.17, 15) is 13.2 Å². The number of rotatable bonds is 5. The standard InChI is InChI=1S/C21H27ClN4O4S/c1-12(2)23-21(27)30-14-6-5-13(10-14)18-11-19(26-25-18)24-17-8-7-16(22)20-15(17)4-3-9-31(20,28)29/h7-8,11-14H,3-6,9-10H2,1-2H3,(H,23,27)(H2,24,25,26)/t13-,14+/m0/s1. The molecule has 1 amide bonds. The van der Waals surface area contributed by atoms with Crippen LogP contribution in [-0.2, 0) is 21.0 Å². The Balaban J connectivity index is 1.45. The number of carbonyl (C=O) groups is 1. The van der Waals surface area contributed by atoms with Crippen LogP contribution in [0, 0.1) is 0 Å². The van der Waals surface area contributed by atoms with Crippen molar-refractivity contribution in [3.05, 3.63) is 34.5 Å². The molecule has 4 rings (SSSR count). The van der Waals surface area contributed by atoms with Crippen LogP contribution in [0.5, 0.6) is 0 Å². The van der Waals surface area contributed by atoms with Gasteiger partial charge in [-0.25, -0.2) is 13.2 Å². The van der Waals surface area contributed by atoms with Crippen molar-refractivity contribution in [2.75, 3.05) is 11.1 Å². The molecule has 1 aromatic heterocycles. The highest BCUT2D eigenvalue weighted by Gasteiger charge is 2.31. The fourth-order valence-electron chi connectivity index (χ4n) is 4.34. The first-order valence-electron chi connectivity index (χ1n) is 10.6. The third kappa shape index (κ3) is 4.82. The number of nitrogens with one attached hydrogen (secondary N) is 3. The minimum atomic E-state index is -3.37. The number of ether oxygens (including phenoxy) is 1. The van der Waals surface area contributed by atoms with Gasteiger partial charge in [0.25, 0.3) is 0 Å². The lowest BCUT2D eigenvalue weighted by molar-refractivity contribution is 0.0981. The number of anilines is 2. The van der Waals surface area contributed by atoms with E-state index < -0.39 is 9.84 Å². The molecule has 8 nitrogen and oxygen atoms in total. The number of hydrogen-bond acceptors (Lipinski definition) is 6. The molecule has 0 radical (unpaired) electrons. The normalized spacial score (nSPS) is 22.2. The monoisotopic (exact) mass is 466 g/mol. The predicted molar refractivity (Wildman–Crippen MR) is 119 cm³/mol. The fraction of sp³-hybridized carbons (Fsp3) is 0.524. The van der Waals surface area contributed by atoms with E-state index in [2.05, 4.69) is 20.8 Å². The Kier molecular flexibility index (Phi) is 6.16. The number of H-pyrrole nitrogens is 1. The van der Waals surface area contributed by atoms with E-state index in [0.29, 0.717) is 29.9 Å². The lowest BCUT2D eigenvalue weighted by atomic mass is 10.0. The van der Waals surface area contributed by atoms with Crippen molar-refractivity contribution in [3.63, 3.8) is 0 Å². The molecule has 1 saturated carbocycles. The summed E-state index contributed by atoms with van der Waals surface area (Å²) in [5.74, 6) is 0.958. The first-order valence-corrected chi connectivity index (χ1v) is 12.6. The van der Waals surface area contributed by atoms with E-state index in [1.54, 1.807) is 12.1 Å². The van der Waals surface area contributed by atoms with Crippen molar-refractivity contribution >= 4 is 39.0 Å². The zero-order valence-corrected chi connectivity index (χ0v) is 19.1. The summed E-state index contributed by atoms with van der Waals surface area (Å²) in [7, 11) is -3.37. The molecule has 0 bridgehead atoms. The molecule has 1 aliphatic heterocycles. The van der Waals surface area contributed by atoms with Crippen LogP contribution in [0.4, 0.5) is 16.3 Å². The molecule has 31 heavy (non-hydrogen) atoms. The summed E-state index contributed by atoms with van der Waals surface area (Å²) in [4.78, 5) is 12.1. The van der Waals surface area contributed by atoms with Gasteiger partial charge >= 0.3 is 6.09 Å². The van der Waals surface area contributed by atoms with Crippen LogP contribution < -0.4 is 10.6 Å². The maximum atomic E-state index is 12.5. The highest BCUT2D eigenvalue weighted by molar-refractivity contribution is 7.91. The Labute approximate surface area is 187 Å². The molecular formula is C21H27ClN4O4S. The average molecular weight is 467 g/mol. The first-order chi connectivity index (χ1) is 14.7. The van der Waals surface area contributed by atoms with Gasteiger partial charge in [-0.2, -0.15) is 5.10 Å². The number of benzene rings is 1. The van der Waals surface area contributed by atoms with Crippen molar-refractivity contribution < 1.29 is 17.9 Å². The molecule has 168 valence electrons. The van der Waals surface area contributed by atoms with Gasteiger partial charge < -0.3 is 15.4 Å². The Morgan fingerprint density at radius 2 is 2.13 bits per heavy atom. The summed E-state index contributed by atoms with van der Waals surface area (Å²) in [6, 6.07) is 5.38. The number of alkyl carbamates (subject to hydrolysis) is 1. The number of aromatic nitrogens is 2. The van der Waals surface area contributed by atoms with E-state index in [1.807, 2.05) is 19.9 Å². The fourth-order valence-corrected chi connectivity index (χ4v) is 6.55. The van der Waals surface area contributed by atoms with Crippen LogP contribution in [0.2, 0.25) is 5.02 Å². The molecule has 2 aromatic rings. The number of hydrogen-bond donors (Lipinski definition) is 3.